The number of ether oxygens (including phenoxy) is 1. The molecule has 18 heavy (non-hydrogen) atoms. The molecule has 1 rings (SSSR count). The smallest absolute Gasteiger partial charge is 0.389 e. The van der Waals surface area contributed by atoms with Crippen molar-refractivity contribution in [2.24, 2.45) is 5.84 Å². The molecule has 1 atom stereocenters. The first kappa shape index (κ1) is 14.7. The molecule has 0 bridgehead atoms. The van der Waals surface area contributed by atoms with E-state index in [0.717, 1.165) is 0 Å². The molecule has 0 saturated heterocycles. The Morgan fingerprint density at radius 3 is 2.72 bits per heavy atom. The van der Waals surface area contributed by atoms with Crippen molar-refractivity contribution in [1.29, 1.82) is 0 Å². The summed E-state index contributed by atoms with van der Waals surface area (Å²) in [4.78, 5) is 7.77. The Labute approximate surface area is 103 Å². The summed E-state index contributed by atoms with van der Waals surface area (Å²) < 4.78 is 41.0. The highest BCUT2D eigenvalue weighted by atomic mass is 19.4. The molecule has 1 heterocycles. The molecule has 0 radical (unpaired) electrons. The normalized spacial score (nSPS) is 13.4. The van der Waals surface area contributed by atoms with Gasteiger partial charge in [0.1, 0.15) is 6.33 Å². The third kappa shape index (κ3) is 4.84. The monoisotopic (exact) mass is 264 g/mol. The highest BCUT2D eigenvalue weighted by Gasteiger charge is 2.27. The van der Waals surface area contributed by atoms with E-state index < -0.39 is 18.6 Å². The third-order valence-electron chi connectivity index (χ3n) is 2.38. The summed E-state index contributed by atoms with van der Waals surface area (Å²) in [5.41, 5.74) is 2.95. The molecule has 1 aromatic heterocycles. The molecule has 3 N–H and O–H groups in total. The van der Waals surface area contributed by atoms with Crippen LogP contribution in [-0.4, -0.2) is 23.3 Å². The van der Waals surface area contributed by atoms with Gasteiger partial charge in [0.2, 0.25) is 5.88 Å². The molecule has 0 aliphatic heterocycles. The highest BCUT2D eigenvalue weighted by molar-refractivity contribution is 5.16. The van der Waals surface area contributed by atoms with E-state index in [1.54, 1.807) is 0 Å². The molecule has 8 heteroatoms. The van der Waals surface area contributed by atoms with Crippen molar-refractivity contribution in [3.05, 3.63) is 18.1 Å². The largest absolute Gasteiger partial charge is 0.481 e. The Balaban J connectivity index is 2.59. The molecule has 0 saturated carbocycles. The minimum absolute atomic E-state index is 0.0231. The Morgan fingerprint density at radius 2 is 2.17 bits per heavy atom. The topological polar surface area (TPSA) is 73.1 Å². The lowest BCUT2D eigenvalue weighted by molar-refractivity contribution is -0.135. The molecule has 0 aromatic carbocycles. The van der Waals surface area contributed by atoms with Crippen LogP contribution in [0.2, 0.25) is 0 Å². The number of nitrogens with one attached hydrogen (secondary N) is 1. The number of aromatic nitrogens is 2. The fourth-order valence-corrected chi connectivity index (χ4v) is 1.48. The molecule has 5 nitrogen and oxygen atoms in total. The number of hydrogen-bond acceptors (Lipinski definition) is 5. The molecule has 0 spiro atoms. The quantitative estimate of drug-likeness (QED) is 0.604. The van der Waals surface area contributed by atoms with Gasteiger partial charge in [-0.25, -0.2) is 9.97 Å². The van der Waals surface area contributed by atoms with Crippen LogP contribution in [-0.2, 0) is 0 Å². The maximum absolute atomic E-state index is 12.0. The average molecular weight is 264 g/mol. The Kier molecular flexibility index (Phi) is 5.29. The lowest BCUT2D eigenvalue weighted by Gasteiger charge is -2.16. The van der Waals surface area contributed by atoms with Gasteiger partial charge in [0.15, 0.2) is 0 Å². The predicted octanol–water partition coefficient (Wildman–Crippen LogP) is 1.72. The van der Waals surface area contributed by atoms with Gasteiger partial charge in [0.25, 0.3) is 0 Å². The van der Waals surface area contributed by atoms with Gasteiger partial charge in [-0.3, -0.25) is 11.3 Å². The van der Waals surface area contributed by atoms with Crippen LogP contribution >= 0.6 is 0 Å². The molecule has 1 unspecified atom stereocenters. The molecular formula is C10H15F3N4O. The van der Waals surface area contributed by atoms with E-state index in [9.17, 15) is 13.2 Å². The molecule has 0 aliphatic carbocycles. The van der Waals surface area contributed by atoms with E-state index in [4.69, 9.17) is 10.6 Å². The van der Waals surface area contributed by atoms with E-state index in [-0.39, 0.29) is 12.8 Å². The fourth-order valence-electron chi connectivity index (χ4n) is 1.48. The predicted molar refractivity (Wildman–Crippen MR) is 58.6 cm³/mol. The van der Waals surface area contributed by atoms with Crippen molar-refractivity contribution in [3.8, 4) is 5.88 Å². The van der Waals surface area contributed by atoms with Crippen molar-refractivity contribution in [1.82, 2.24) is 15.4 Å². The number of halogens is 3. The zero-order valence-corrected chi connectivity index (χ0v) is 9.87. The lowest BCUT2D eigenvalue weighted by Crippen LogP contribution is -2.29. The van der Waals surface area contributed by atoms with E-state index in [1.165, 1.54) is 19.5 Å². The van der Waals surface area contributed by atoms with Gasteiger partial charge >= 0.3 is 6.18 Å². The maximum Gasteiger partial charge on any atom is 0.389 e. The first-order chi connectivity index (χ1) is 8.46. The number of hydrazine groups is 1. The summed E-state index contributed by atoms with van der Waals surface area (Å²) >= 11 is 0. The van der Waals surface area contributed by atoms with Gasteiger partial charge in [0, 0.05) is 12.5 Å². The van der Waals surface area contributed by atoms with Crippen molar-refractivity contribution in [2.75, 3.05) is 7.11 Å². The van der Waals surface area contributed by atoms with Crippen molar-refractivity contribution in [2.45, 2.75) is 31.5 Å². The van der Waals surface area contributed by atoms with Crippen LogP contribution in [0.4, 0.5) is 13.2 Å². The Hall–Kier alpha value is -1.41. The zero-order chi connectivity index (χ0) is 13.6. The number of hydrogen-bond donors (Lipinski definition) is 2. The van der Waals surface area contributed by atoms with Crippen molar-refractivity contribution >= 4 is 0 Å². The highest BCUT2D eigenvalue weighted by Crippen LogP contribution is 2.25. The van der Waals surface area contributed by atoms with Crippen molar-refractivity contribution < 1.29 is 17.9 Å². The average Bonchev–Trinajstić information content (AvgIpc) is 2.33. The minimum Gasteiger partial charge on any atom is -0.481 e. The van der Waals surface area contributed by atoms with Crippen LogP contribution < -0.4 is 16.0 Å². The van der Waals surface area contributed by atoms with Gasteiger partial charge in [0.05, 0.1) is 18.8 Å². The number of nitrogens with two attached hydrogens (primary N) is 1. The molecule has 1 aromatic rings. The molecule has 0 aliphatic rings. The number of nitrogens with zero attached hydrogens (tertiary/aromatic N) is 2. The summed E-state index contributed by atoms with van der Waals surface area (Å²) in [5.74, 6) is 5.66. The van der Waals surface area contributed by atoms with Gasteiger partial charge in [-0.2, -0.15) is 13.2 Å². The maximum atomic E-state index is 12.0. The summed E-state index contributed by atoms with van der Waals surface area (Å²) in [6, 6.07) is 1.09. The summed E-state index contributed by atoms with van der Waals surface area (Å²) in [6.45, 7) is 0. The van der Waals surface area contributed by atoms with E-state index in [1.807, 2.05) is 0 Å². The Bertz CT molecular complexity index is 372. The zero-order valence-electron chi connectivity index (χ0n) is 9.87. The van der Waals surface area contributed by atoms with Gasteiger partial charge in [-0.05, 0) is 12.8 Å². The van der Waals surface area contributed by atoms with Crippen LogP contribution in [0.15, 0.2) is 12.4 Å². The third-order valence-corrected chi connectivity index (χ3v) is 2.38. The van der Waals surface area contributed by atoms with Crippen LogP contribution in [0.1, 0.15) is 31.0 Å². The van der Waals surface area contributed by atoms with Gasteiger partial charge < -0.3 is 4.74 Å². The second-order valence-corrected chi connectivity index (χ2v) is 3.71. The molecule has 0 fully saturated rings. The van der Waals surface area contributed by atoms with E-state index >= 15 is 0 Å². The van der Waals surface area contributed by atoms with Crippen LogP contribution in [0.25, 0.3) is 0 Å². The van der Waals surface area contributed by atoms with E-state index in [2.05, 4.69) is 15.4 Å². The fraction of sp³-hybridized carbons (Fsp3) is 0.600. The van der Waals surface area contributed by atoms with Gasteiger partial charge in [-0.1, -0.05) is 0 Å². The Morgan fingerprint density at radius 1 is 1.44 bits per heavy atom. The van der Waals surface area contributed by atoms with Crippen LogP contribution in [0.5, 0.6) is 5.88 Å². The first-order valence-corrected chi connectivity index (χ1v) is 5.35. The molecular weight excluding hydrogens is 249 g/mol. The second-order valence-electron chi connectivity index (χ2n) is 3.71. The van der Waals surface area contributed by atoms with Crippen LogP contribution in [0, 0.1) is 0 Å². The number of rotatable bonds is 6. The minimum atomic E-state index is -4.15. The summed E-state index contributed by atoms with van der Waals surface area (Å²) in [5, 5.41) is 0. The van der Waals surface area contributed by atoms with Crippen LogP contribution in [0.3, 0.4) is 0 Å². The lowest BCUT2D eigenvalue weighted by atomic mass is 10.1. The molecule has 102 valence electrons. The van der Waals surface area contributed by atoms with E-state index in [0.29, 0.717) is 11.6 Å². The van der Waals surface area contributed by atoms with Crippen molar-refractivity contribution in [3.63, 3.8) is 0 Å². The standard InChI is InChI=1S/C10H15F3N4O/c1-18-9-5-8(15-6-16-9)7(17-14)3-2-4-10(11,12)13/h5-7,17H,2-4,14H2,1H3. The summed E-state index contributed by atoms with van der Waals surface area (Å²) in [7, 11) is 1.45. The number of alkyl halides is 3. The second kappa shape index (κ2) is 6.50. The SMILES string of the molecule is COc1cc(C(CCCC(F)(F)F)NN)ncn1. The van der Waals surface area contributed by atoms with Gasteiger partial charge in [-0.15, -0.1) is 0 Å². The first-order valence-electron chi connectivity index (χ1n) is 5.35. The molecule has 0 amide bonds. The number of methoxy groups -OCH3 is 1. The summed E-state index contributed by atoms with van der Waals surface area (Å²) in [6.07, 6.45) is -3.50.